The van der Waals surface area contributed by atoms with E-state index in [1.165, 1.54) is 32.1 Å². The van der Waals surface area contributed by atoms with Gasteiger partial charge in [0.2, 0.25) is 0 Å². The molecular formula is C17H23N3. The molecule has 0 spiro atoms. The van der Waals surface area contributed by atoms with Crippen LogP contribution in [-0.2, 0) is 6.42 Å². The third-order valence-corrected chi connectivity index (χ3v) is 3.37. The van der Waals surface area contributed by atoms with E-state index < -0.39 is 0 Å². The largest absolute Gasteiger partial charge is 0.249 e. The van der Waals surface area contributed by atoms with Crippen LogP contribution < -0.4 is 0 Å². The van der Waals surface area contributed by atoms with Crippen LogP contribution >= 0.6 is 0 Å². The van der Waals surface area contributed by atoms with Crippen molar-refractivity contribution in [1.29, 1.82) is 0 Å². The minimum Gasteiger partial charge on any atom is -0.249 e. The predicted octanol–water partition coefficient (Wildman–Crippen LogP) is 4.36. The molecule has 0 aliphatic rings. The molecule has 0 saturated carbocycles. The number of unbranched alkanes of at least 4 members (excludes halogenated alkanes) is 4. The standard InChI is InChI=1S/C17H23N3/c1-3-4-5-6-7-9-15-10-8-11-16(20-15)17-18-13-12-14(2)19-17/h8,10-13H,3-7,9H2,1-2H3. The maximum Gasteiger partial charge on any atom is 0.178 e. The number of pyridine rings is 1. The molecule has 0 aliphatic heterocycles. The molecule has 0 bridgehead atoms. The van der Waals surface area contributed by atoms with Crippen LogP contribution in [0.25, 0.3) is 11.5 Å². The molecule has 0 atom stereocenters. The van der Waals surface area contributed by atoms with E-state index in [0.717, 1.165) is 29.3 Å². The molecule has 2 rings (SSSR count). The van der Waals surface area contributed by atoms with Crippen molar-refractivity contribution in [2.24, 2.45) is 0 Å². The number of rotatable bonds is 7. The summed E-state index contributed by atoms with van der Waals surface area (Å²) >= 11 is 0. The molecule has 3 nitrogen and oxygen atoms in total. The molecule has 2 aromatic rings. The maximum absolute atomic E-state index is 4.68. The summed E-state index contributed by atoms with van der Waals surface area (Å²) in [6.45, 7) is 4.22. The molecular weight excluding hydrogens is 246 g/mol. The smallest absolute Gasteiger partial charge is 0.178 e. The number of hydrogen-bond acceptors (Lipinski definition) is 3. The average Bonchev–Trinajstić information content (AvgIpc) is 2.47. The number of aryl methyl sites for hydroxylation is 2. The summed E-state index contributed by atoms with van der Waals surface area (Å²) in [5, 5.41) is 0. The second kappa shape index (κ2) is 7.73. The van der Waals surface area contributed by atoms with E-state index in [-0.39, 0.29) is 0 Å². The van der Waals surface area contributed by atoms with Crippen molar-refractivity contribution in [2.45, 2.75) is 52.4 Å². The van der Waals surface area contributed by atoms with Crippen molar-refractivity contribution in [1.82, 2.24) is 15.0 Å². The van der Waals surface area contributed by atoms with Gasteiger partial charge in [0.05, 0.1) is 0 Å². The number of aromatic nitrogens is 3. The Morgan fingerprint density at radius 1 is 0.950 bits per heavy atom. The second-order valence-corrected chi connectivity index (χ2v) is 5.20. The van der Waals surface area contributed by atoms with Gasteiger partial charge < -0.3 is 0 Å². The van der Waals surface area contributed by atoms with E-state index in [1.54, 1.807) is 6.20 Å². The topological polar surface area (TPSA) is 38.7 Å². The first-order valence-corrected chi connectivity index (χ1v) is 7.55. The zero-order chi connectivity index (χ0) is 14.2. The first-order chi connectivity index (χ1) is 9.79. The highest BCUT2D eigenvalue weighted by molar-refractivity contribution is 5.48. The van der Waals surface area contributed by atoms with Crippen molar-refractivity contribution in [3.05, 3.63) is 41.9 Å². The molecule has 0 aliphatic carbocycles. The van der Waals surface area contributed by atoms with Crippen molar-refractivity contribution in [2.75, 3.05) is 0 Å². The third-order valence-electron chi connectivity index (χ3n) is 3.37. The van der Waals surface area contributed by atoms with Crippen molar-refractivity contribution >= 4 is 0 Å². The van der Waals surface area contributed by atoms with Gasteiger partial charge in [-0.3, -0.25) is 0 Å². The summed E-state index contributed by atoms with van der Waals surface area (Å²) < 4.78 is 0. The van der Waals surface area contributed by atoms with E-state index in [1.807, 2.05) is 19.1 Å². The van der Waals surface area contributed by atoms with Gasteiger partial charge >= 0.3 is 0 Å². The summed E-state index contributed by atoms with van der Waals surface area (Å²) in [4.78, 5) is 13.4. The molecule has 3 heteroatoms. The molecule has 20 heavy (non-hydrogen) atoms. The first kappa shape index (κ1) is 14.6. The van der Waals surface area contributed by atoms with Crippen LogP contribution in [0.4, 0.5) is 0 Å². The Hall–Kier alpha value is -1.77. The van der Waals surface area contributed by atoms with Gasteiger partial charge in [-0.2, -0.15) is 0 Å². The van der Waals surface area contributed by atoms with Crippen LogP contribution in [0.3, 0.4) is 0 Å². The summed E-state index contributed by atoms with van der Waals surface area (Å²) in [6, 6.07) is 8.03. The van der Waals surface area contributed by atoms with Gasteiger partial charge in [0, 0.05) is 17.6 Å². The van der Waals surface area contributed by atoms with Crippen molar-refractivity contribution < 1.29 is 0 Å². The number of hydrogen-bond donors (Lipinski definition) is 0. The third kappa shape index (κ3) is 4.41. The monoisotopic (exact) mass is 269 g/mol. The van der Waals surface area contributed by atoms with E-state index in [0.29, 0.717) is 0 Å². The Balaban J connectivity index is 1.97. The summed E-state index contributed by atoms with van der Waals surface area (Å²) in [6.07, 6.45) is 9.30. The van der Waals surface area contributed by atoms with Crippen LogP contribution in [0.5, 0.6) is 0 Å². The van der Waals surface area contributed by atoms with E-state index in [2.05, 4.69) is 34.0 Å². The van der Waals surface area contributed by atoms with Gasteiger partial charge in [0.25, 0.3) is 0 Å². The molecule has 2 aromatic heterocycles. The lowest BCUT2D eigenvalue weighted by atomic mass is 10.1. The Morgan fingerprint density at radius 3 is 2.60 bits per heavy atom. The van der Waals surface area contributed by atoms with Gasteiger partial charge in [-0.1, -0.05) is 38.7 Å². The van der Waals surface area contributed by atoms with Crippen LogP contribution in [0, 0.1) is 6.92 Å². The lowest BCUT2D eigenvalue weighted by molar-refractivity contribution is 0.628. The van der Waals surface area contributed by atoms with E-state index in [9.17, 15) is 0 Å². The molecule has 0 fully saturated rings. The van der Waals surface area contributed by atoms with Crippen LogP contribution in [0.15, 0.2) is 30.5 Å². The highest BCUT2D eigenvalue weighted by Gasteiger charge is 2.04. The number of nitrogens with zero attached hydrogens (tertiary/aromatic N) is 3. The van der Waals surface area contributed by atoms with Crippen LogP contribution in [-0.4, -0.2) is 15.0 Å². The molecule has 0 amide bonds. The highest BCUT2D eigenvalue weighted by Crippen LogP contribution is 2.14. The van der Waals surface area contributed by atoms with Gasteiger partial charge in [-0.15, -0.1) is 0 Å². The zero-order valence-electron chi connectivity index (χ0n) is 12.5. The van der Waals surface area contributed by atoms with Gasteiger partial charge in [0.1, 0.15) is 5.69 Å². The maximum atomic E-state index is 4.68. The van der Waals surface area contributed by atoms with Gasteiger partial charge in [-0.05, 0) is 38.0 Å². The summed E-state index contributed by atoms with van der Waals surface area (Å²) in [7, 11) is 0. The first-order valence-electron chi connectivity index (χ1n) is 7.55. The second-order valence-electron chi connectivity index (χ2n) is 5.20. The Bertz CT molecular complexity index is 537. The fourth-order valence-electron chi connectivity index (χ4n) is 2.23. The fraction of sp³-hybridized carbons (Fsp3) is 0.471. The predicted molar refractivity (Wildman–Crippen MR) is 82.5 cm³/mol. The van der Waals surface area contributed by atoms with E-state index in [4.69, 9.17) is 0 Å². The molecule has 0 unspecified atom stereocenters. The van der Waals surface area contributed by atoms with E-state index >= 15 is 0 Å². The average molecular weight is 269 g/mol. The lowest BCUT2D eigenvalue weighted by Crippen LogP contribution is -1.96. The minimum absolute atomic E-state index is 0.720. The van der Waals surface area contributed by atoms with Crippen LogP contribution in [0.1, 0.15) is 50.4 Å². The van der Waals surface area contributed by atoms with Gasteiger partial charge in [0.15, 0.2) is 5.82 Å². The zero-order valence-corrected chi connectivity index (χ0v) is 12.5. The van der Waals surface area contributed by atoms with Crippen LogP contribution in [0.2, 0.25) is 0 Å². The Labute approximate surface area is 121 Å². The highest BCUT2D eigenvalue weighted by atomic mass is 14.9. The molecule has 0 N–H and O–H groups in total. The molecule has 0 saturated heterocycles. The Kier molecular flexibility index (Phi) is 5.66. The quantitative estimate of drug-likeness (QED) is 0.701. The minimum atomic E-state index is 0.720. The normalized spacial score (nSPS) is 10.7. The SMILES string of the molecule is CCCCCCCc1cccc(-c2nccc(C)n2)n1. The molecule has 0 aromatic carbocycles. The fourth-order valence-corrected chi connectivity index (χ4v) is 2.23. The van der Waals surface area contributed by atoms with Gasteiger partial charge in [-0.25, -0.2) is 15.0 Å². The molecule has 2 heterocycles. The van der Waals surface area contributed by atoms with Crippen molar-refractivity contribution in [3.8, 4) is 11.5 Å². The summed E-state index contributed by atoms with van der Waals surface area (Å²) in [5.41, 5.74) is 2.99. The summed E-state index contributed by atoms with van der Waals surface area (Å²) in [5.74, 6) is 0.720. The lowest BCUT2D eigenvalue weighted by Gasteiger charge is -2.04. The van der Waals surface area contributed by atoms with Crippen molar-refractivity contribution in [3.63, 3.8) is 0 Å². The Morgan fingerprint density at radius 2 is 1.80 bits per heavy atom. The molecule has 0 radical (unpaired) electrons. The molecule has 106 valence electrons.